The largest absolute Gasteiger partial charge is 0.376 e. The summed E-state index contributed by atoms with van der Waals surface area (Å²) in [6.07, 6.45) is 2.05. The Morgan fingerprint density at radius 2 is 2.25 bits per heavy atom. The molecule has 1 heterocycles. The van der Waals surface area contributed by atoms with E-state index in [0.29, 0.717) is 19.8 Å². The topological polar surface area (TPSA) is 44.5 Å². The van der Waals surface area contributed by atoms with Crippen molar-refractivity contribution < 1.29 is 9.47 Å². The van der Waals surface area contributed by atoms with Gasteiger partial charge in [0.05, 0.1) is 32.0 Å². The van der Waals surface area contributed by atoms with Gasteiger partial charge in [0.2, 0.25) is 0 Å². The Morgan fingerprint density at radius 3 is 2.75 bits per heavy atom. The zero-order chi connectivity index (χ0) is 8.97. The molecule has 70 valence electrons. The monoisotopic (exact) mass is 171 g/mol. The van der Waals surface area contributed by atoms with Crippen LogP contribution in [0.3, 0.4) is 0 Å². The van der Waals surface area contributed by atoms with Gasteiger partial charge in [0, 0.05) is 0 Å². The maximum absolute atomic E-state index is 5.87. The standard InChI is InChI=1S/C9H17NO2/c1-7(2)5-8(10)9-6-11-3-4-12-9/h5,8-9H,3-4,6,10H2,1-2H3. The van der Waals surface area contributed by atoms with Crippen molar-refractivity contribution in [2.45, 2.75) is 26.0 Å². The molecule has 0 spiro atoms. The van der Waals surface area contributed by atoms with Crippen LogP contribution in [0, 0.1) is 0 Å². The van der Waals surface area contributed by atoms with Gasteiger partial charge in [0.1, 0.15) is 0 Å². The van der Waals surface area contributed by atoms with Gasteiger partial charge in [-0.05, 0) is 13.8 Å². The minimum absolute atomic E-state index is 0.0321. The number of nitrogens with two attached hydrogens (primary N) is 1. The summed E-state index contributed by atoms with van der Waals surface area (Å²) < 4.78 is 10.7. The molecule has 12 heavy (non-hydrogen) atoms. The van der Waals surface area contributed by atoms with Crippen molar-refractivity contribution in [3.8, 4) is 0 Å². The predicted molar refractivity (Wildman–Crippen MR) is 48.0 cm³/mol. The summed E-state index contributed by atoms with van der Waals surface area (Å²) >= 11 is 0. The van der Waals surface area contributed by atoms with Gasteiger partial charge >= 0.3 is 0 Å². The molecule has 2 unspecified atom stereocenters. The van der Waals surface area contributed by atoms with Gasteiger partial charge in [-0.1, -0.05) is 11.6 Å². The molecule has 3 nitrogen and oxygen atoms in total. The van der Waals surface area contributed by atoms with Crippen LogP contribution >= 0.6 is 0 Å². The van der Waals surface area contributed by atoms with E-state index in [1.807, 2.05) is 19.9 Å². The van der Waals surface area contributed by atoms with Gasteiger partial charge in [0.25, 0.3) is 0 Å². The molecule has 0 bridgehead atoms. The first-order valence-corrected chi connectivity index (χ1v) is 4.30. The highest BCUT2D eigenvalue weighted by Gasteiger charge is 2.19. The molecule has 0 saturated carbocycles. The van der Waals surface area contributed by atoms with Crippen molar-refractivity contribution in [2.75, 3.05) is 19.8 Å². The molecule has 1 aliphatic heterocycles. The van der Waals surface area contributed by atoms with Crippen LogP contribution in [0.4, 0.5) is 0 Å². The number of hydrogen-bond donors (Lipinski definition) is 1. The molecule has 0 aromatic heterocycles. The lowest BCUT2D eigenvalue weighted by molar-refractivity contribution is -0.0917. The molecule has 1 saturated heterocycles. The van der Waals surface area contributed by atoms with Crippen LogP contribution in [0.5, 0.6) is 0 Å². The average molecular weight is 171 g/mol. The molecule has 1 aliphatic rings. The van der Waals surface area contributed by atoms with E-state index in [2.05, 4.69) is 0 Å². The van der Waals surface area contributed by atoms with E-state index in [0.717, 1.165) is 0 Å². The summed E-state index contributed by atoms with van der Waals surface area (Å²) in [6.45, 7) is 6.03. The Morgan fingerprint density at radius 1 is 1.50 bits per heavy atom. The van der Waals surface area contributed by atoms with E-state index in [9.17, 15) is 0 Å². The van der Waals surface area contributed by atoms with Crippen molar-refractivity contribution in [2.24, 2.45) is 5.73 Å². The molecule has 0 aromatic carbocycles. The second kappa shape index (κ2) is 4.60. The molecule has 1 fully saturated rings. The Bertz CT molecular complexity index is 158. The second-order valence-electron chi connectivity index (χ2n) is 3.31. The van der Waals surface area contributed by atoms with Gasteiger partial charge in [-0.2, -0.15) is 0 Å². The second-order valence-corrected chi connectivity index (χ2v) is 3.31. The Kier molecular flexibility index (Phi) is 3.72. The van der Waals surface area contributed by atoms with Crippen LogP contribution in [0.25, 0.3) is 0 Å². The van der Waals surface area contributed by atoms with Crippen LogP contribution in [0.1, 0.15) is 13.8 Å². The Labute approximate surface area is 73.5 Å². The maximum atomic E-state index is 5.87. The van der Waals surface area contributed by atoms with Crippen molar-refractivity contribution in [1.29, 1.82) is 0 Å². The molecular formula is C9H17NO2. The summed E-state index contributed by atoms with van der Waals surface area (Å²) in [5.74, 6) is 0. The highest BCUT2D eigenvalue weighted by Crippen LogP contribution is 2.06. The number of allylic oxidation sites excluding steroid dienone is 1. The summed E-state index contributed by atoms with van der Waals surface area (Å²) in [4.78, 5) is 0. The summed E-state index contributed by atoms with van der Waals surface area (Å²) in [5, 5.41) is 0. The molecule has 0 radical (unpaired) electrons. The lowest BCUT2D eigenvalue weighted by Crippen LogP contribution is -2.42. The van der Waals surface area contributed by atoms with E-state index < -0.39 is 0 Å². The van der Waals surface area contributed by atoms with Crippen LogP contribution in [-0.2, 0) is 9.47 Å². The van der Waals surface area contributed by atoms with E-state index in [1.54, 1.807) is 0 Å². The fourth-order valence-electron chi connectivity index (χ4n) is 1.22. The van der Waals surface area contributed by atoms with Crippen molar-refractivity contribution >= 4 is 0 Å². The average Bonchev–Trinajstić information content (AvgIpc) is 2.05. The quantitative estimate of drug-likeness (QED) is 0.622. The Hall–Kier alpha value is -0.380. The van der Waals surface area contributed by atoms with Gasteiger partial charge < -0.3 is 15.2 Å². The summed E-state index contributed by atoms with van der Waals surface area (Å²) in [5.41, 5.74) is 7.09. The van der Waals surface area contributed by atoms with E-state index in [4.69, 9.17) is 15.2 Å². The zero-order valence-electron chi connectivity index (χ0n) is 7.75. The SMILES string of the molecule is CC(C)=CC(N)C1COCCO1. The van der Waals surface area contributed by atoms with Gasteiger partial charge in [-0.15, -0.1) is 0 Å². The van der Waals surface area contributed by atoms with Crippen LogP contribution in [0.2, 0.25) is 0 Å². The van der Waals surface area contributed by atoms with Crippen molar-refractivity contribution in [3.05, 3.63) is 11.6 Å². The smallest absolute Gasteiger partial charge is 0.0995 e. The minimum Gasteiger partial charge on any atom is -0.376 e. The number of ether oxygens (including phenoxy) is 2. The summed E-state index contributed by atoms with van der Waals surface area (Å²) in [7, 11) is 0. The van der Waals surface area contributed by atoms with Crippen molar-refractivity contribution in [3.63, 3.8) is 0 Å². The molecule has 3 heteroatoms. The summed E-state index contributed by atoms with van der Waals surface area (Å²) in [6, 6.07) is -0.0321. The molecule has 2 atom stereocenters. The van der Waals surface area contributed by atoms with Gasteiger partial charge in [-0.25, -0.2) is 0 Å². The van der Waals surface area contributed by atoms with Crippen molar-refractivity contribution in [1.82, 2.24) is 0 Å². The molecule has 1 rings (SSSR count). The van der Waals surface area contributed by atoms with Gasteiger partial charge in [0.15, 0.2) is 0 Å². The zero-order valence-corrected chi connectivity index (χ0v) is 7.75. The van der Waals surface area contributed by atoms with Crippen LogP contribution in [0.15, 0.2) is 11.6 Å². The van der Waals surface area contributed by atoms with E-state index in [1.165, 1.54) is 5.57 Å². The first kappa shape index (κ1) is 9.71. The first-order chi connectivity index (χ1) is 5.70. The number of rotatable bonds is 2. The first-order valence-electron chi connectivity index (χ1n) is 4.30. The maximum Gasteiger partial charge on any atom is 0.0995 e. The normalized spacial score (nSPS) is 26.4. The fraction of sp³-hybridized carbons (Fsp3) is 0.778. The van der Waals surface area contributed by atoms with Crippen LogP contribution < -0.4 is 5.73 Å². The van der Waals surface area contributed by atoms with E-state index >= 15 is 0 Å². The molecule has 0 aromatic rings. The van der Waals surface area contributed by atoms with Gasteiger partial charge in [-0.3, -0.25) is 0 Å². The minimum atomic E-state index is -0.0321. The molecule has 0 amide bonds. The Balaban J connectivity index is 2.39. The van der Waals surface area contributed by atoms with E-state index in [-0.39, 0.29) is 12.1 Å². The molecule has 0 aliphatic carbocycles. The lowest BCUT2D eigenvalue weighted by Gasteiger charge is -2.26. The molecular weight excluding hydrogens is 154 g/mol. The lowest BCUT2D eigenvalue weighted by atomic mass is 10.1. The predicted octanol–water partition coefficient (Wildman–Crippen LogP) is 0.695. The molecule has 2 N–H and O–H groups in total. The van der Waals surface area contributed by atoms with Crippen LogP contribution in [-0.4, -0.2) is 32.0 Å². The third kappa shape index (κ3) is 2.93. The fourth-order valence-corrected chi connectivity index (χ4v) is 1.22. The number of hydrogen-bond acceptors (Lipinski definition) is 3. The highest BCUT2D eigenvalue weighted by molar-refractivity contribution is 5.02. The highest BCUT2D eigenvalue weighted by atomic mass is 16.6. The third-order valence-corrected chi connectivity index (χ3v) is 1.80. The third-order valence-electron chi connectivity index (χ3n) is 1.80.